The summed E-state index contributed by atoms with van der Waals surface area (Å²) in [6.45, 7) is 3.69. The van der Waals surface area contributed by atoms with Gasteiger partial charge in [0.25, 0.3) is 5.91 Å². The molecule has 104 valence electrons. The maximum atomic E-state index is 12.3. The van der Waals surface area contributed by atoms with Crippen LogP contribution in [0, 0.1) is 6.92 Å². The lowest BCUT2D eigenvalue weighted by atomic mass is 10.1. The third kappa shape index (κ3) is 2.57. The standard InChI is InChI=1S/C15H18N4O/c1-12-6-5-7-13(10-12)19-11-14(16-17-19)15(20)18-8-3-2-4-9-18/h5-7,10-11H,2-4,8-9H2,1H3. The fourth-order valence-corrected chi connectivity index (χ4v) is 2.52. The SMILES string of the molecule is Cc1cccc(-n2cc(C(=O)N3CCCCC3)nn2)c1. The van der Waals surface area contributed by atoms with Gasteiger partial charge in [0.05, 0.1) is 11.9 Å². The number of rotatable bonds is 2. The number of aromatic nitrogens is 3. The van der Waals surface area contributed by atoms with Crippen LogP contribution in [0.1, 0.15) is 35.3 Å². The van der Waals surface area contributed by atoms with Gasteiger partial charge in [0, 0.05) is 13.1 Å². The molecule has 1 aliphatic heterocycles. The Bertz CT molecular complexity index is 614. The van der Waals surface area contributed by atoms with Crippen LogP contribution in [0.15, 0.2) is 30.5 Å². The van der Waals surface area contributed by atoms with Crippen molar-refractivity contribution in [3.8, 4) is 5.69 Å². The molecule has 1 aromatic heterocycles. The van der Waals surface area contributed by atoms with Crippen LogP contribution >= 0.6 is 0 Å². The third-order valence-electron chi connectivity index (χ3n) is 3.62. The highest BCUT2D eigenvalue weighted by molar-refractivity contribution is 5.92. The zero-order valence-corrected chi connectivity index (χ0v) is 11.6. The van der Waals surface area contributed by atoms with E-state index in [0.717, 1.165) is 37.2 Å². The number of piperidine rings is 1. The monoisotopic (exact) mass is 270 g/mol. The summed E-state index contributed by atoms with van der Waals surface area (Å²) in [7, 11) is 0. The Balaban J connectivity index is 1.81. The van der Waals surface area contributed by atoms with Crippen LogP contribution in [0.4, 0.5) is 0 Å². The maximum Gasteiger partial charge on any atom is 0.276 e. The molecule has 20 heavy (non-hydrogen) atoms. The van der Waals surface area contributed by atoms with Crippen molar-refractivity contribution in [2.24, 2.45) is 0 Å². The second-order valence-corrected chi connectivity index (χ2v) is 5.24. The second kappa shape index (κ2) is 5.45. The zero-order chi connectivity index (χ0) is 13.9. The number of aryl methyl sites for hydroxylation is 1. The minimum absolute atomic E-state index is 0.0106. The molecule has 0 bridgehead atoms. The van der Waals surface area contributed by atoms with E-state index in [1.54, 1.807) is 10.9 Å². The number of likely N-dealkylation sites (tertiary alicyclic amines) is 1. The smallest absolute Gasteiger partial charge is 0.276 e. The van der Waals surface area contributed by atoms with E-state index in [-0.39, 0.29) is 5.91 Å². The summed E-state index contributed by atoms with van der Waals surface area (Å²) in [5.74, 6) is -0.0106. The average Bonchev–Trinajstić information content (AvgIpc) is 2.97. The number of carbonyl (C=O) groups is 1. The zero-order valence-electron chi connectivity index (χ0n) is 11.6. The van der Waals surface area contributed by atoms with E-state index in [2.05, 4.69) is 10.3 Å². The average molecular weight is 270 g/mol. The molecule has 0 N–H and O–H groups in total. The van der Waals surface area contributed by atoms with Crippen molar-refractivity contribution in [3.63, 3.8) is 0 Å². The number of hydrogen-bond acceptors (Lipinski definition) is 3. The minimum atomic E-state index is -0.0106. The molecule has 5 heteroatoms. The molecule has 1 saturated heterocycles. The van der Waals surface area contributed by atoms with Gasteiger partial charge in [-0.3, -0.25) is 4.79 Å². The Morgan fingerprint density at radius 1 is 1.20 bits per heavy atom. The molecule has 5 nitrogen and oxygen atoms in total. The van der Waals surface area contributed by atoms with Crippen LogP contribution in [0.5, 0.6) is 0 Å². The fourth-order valence-electron chi connectivity index (χ4n) is 2.52. The van der Waals surface area contributed by atoms with Gasteiger partial charge < -0.3 is 4.90 Å². The minimum Gasteiger partial charge on any atom is -0.337 e. The molecule has 0 saturated carbocycles. The summed E-state index contributed by atoms with van der Waals surface area (Å²) in [6, 6.07) is 7.97. The van der Waals surface area contributed by atoms with Crippen molar-refractivity contribution in [1.29, 1.82) is 0 Å². The number of benzene rings is 1. The van der Waals surface area contributed by atoms with Gasteiger partial charge in [-0.05, 0) is 43.9 Å². The second-order valence-electron chi connectivity index (χ2n) is 5.24. The molecule has 1 aliphatic rings. The van der Waals surface area contributed by atoms with Gasteiger partial charge in [0.1, 0.15) is 0 Å². The summed E-state index contributed by atoms with van der Waals surface area (Å²) in [6.07, 6.45) is 5.08. The van der Waals surface area contributed by atoms with Crippen molar-refractivity contribution in [2.45, 2.75) is 26.2 Å². The number of hydrogen-bond donors (Lipinski definition) is 0. The lowest BCUT2D eigenvalue weighted by Gasteiger charge is -2.25. The molecule has 1 fully saturated rings. The lowest BCUT2D eigenvalue weighted by molar-refractivity contribution is 0.0718. The van der Waals surface area contributed by atoms with Gasteiger partial charge in [0.2, 0.25) is 0 Å². The predicted octanol–water partition coefficient (Wildman–Crippen LogP) is 2.20. The highest BCUT2D eigenvalue weighted by Crippen LogP contribution is 2.13. The van der Waals surface area contributed by atoms with Crippen molar-refractivity contribution >= 4 is 5.91 Å². The molecule has 1 aromatic carbocycles. The highest BCUT2D eigenvalue weighted by atomic mass is 16.2. The Hall–Kier alpha value is -2.17. The lowest BCUT2D eigenvalue weighted by Crippen LogP contribution is -2.35. The quantitative estimate of drug-likeness (QED) is 0.840. The summed E-state index contributed by atoms with van der Waals surface area (Å²) >= 11 is 0. The molecule has 0 spiro atoms. The normalized spacial score (nSPS) is 15.3. The van der Waals surface area contributed by atoms with Gasteiger partial charge in [-0.25, -0.2) is 4.68 Å². The first-order valence-corrected chi connectivity index (χ1v) is 7.03. The first kappa shape index (κ1) is 12.8. The molecule has 3 rings (SSSR count). The fraction of sp³-hybridized carbons (Fsp3) is 0.400. The highest BCUT2D eigenvalue weighted by Gasteiger charge is 2.20. The van der Waals surface area contributed by atoms with Gasteiger partial charge >= 0.3 is 0 Å². The molecule has 0 atom stereocenters. The number of nitrogens with zero attached hydrogens (tertiary/aromatic N) is 4. The van der Waals surface area contributed by atoms with Gasteiger partial charge in [-0.15, -0.1) is 5.10 Å². The third-order valence-corrected chi connectivity index (χ3v) is 3.62. The van der Waals surface area contributed by atoms with Crippen LogP contribution in [0.3, 0.4) is 0 Å². The van der Waals surface area contributed by atoms with E-state index in [9.17, 15) is 4.79 Å². The van der Waals surface area contributed by atoms with Crippen molar-refractivity contribution < 1.29 is 4.79 Å². The molecule has 2 aromatic rings. The van der Waals surface area contributed by atoms with Gasteiger partial charge in [-0.2, -0.15) is 0 Å². The van der Waals surface area contributed by atoms with Crippen LogP contribution in [0.25, 0.3) is 5.69 Å². The number of amides is 1. The van der Waals surface area contributed by atoms with Crippen molar-refractivity contribution in [1.82, 2.24) is 19.9 Å². The largest absolute Gasteiger partial charge is 0.337 e. The predicted molar refractivity (Wildman–Crippen MR) is 75.9 cm³/mol. The number of carbonyl (C=O) groups excluding carboxylic acids is 1. The summed E-state index contributed by atoms with van der Waals surface area (Å²) in [4.78, 5) is 14.2. The molecule has 1 amide bonds. The molecular formula is C15H18N4O. The van der Waals surface area contributed by atoms with Crippen LogP contribution in [-0.2, 0) is 0 Å². The van der Waals surface area contributed by atoms with Crippen molar-refractivity contribution in [2.75, 3.05) is 13.1 Å². The molecule has 0 aliphatic carbocycles. The Labute approximate surface area is 118 Å². The Morgan fingerprint density at radius 3 is 2.75 bits per heavy atom. The molecular weight excluding hydrogens is 252 g/mol. The topological polar surface area (TPSA) is 51.0 Å². The van der Waals surface area contributed by atoms with E-state index < -0.39 is 0 Å². The first-order valence-electron chi connectivity index (χ1n) is 7.03. The van der Waals surface area contributed by atoms with Crippen LogP contribution in [0.2, 0.25) is 0 Å². The van der Waals surface area contributed by atoms with Gasteiger partial charge in [-0.1, -0.05) is 17.3 Å². The summed E-state index contributed by atoms with van der Waals surface area (Å²) in [5, 5.41) is 8.08. The Morgan fingerprint density at radius 2 is 2.00 bits per heavy atom. The molecule has 2 heterocycles. The van der Waals surface area contributed by atoms with E-state index in [1.807, 2.05) is 36.1 Å². The summed E-state index contributed by atoms with van der Waals surface area (Å²) < 4.78 is 1.66. The Kier molecular flexibility index (Phi) is 3.50. The van der Waals surface area contributed by atoms with Crippen LogP contribution in [-0.4, -0.2) is 38.9 Å². The molecule has 0 radical (unpaired) electrons. The van der Waals surface area contributed by atoms with Gasteiger partial charge in [0.15, 0.2) is 5.69 Å². The van der Waals surface area contributed by atoms with Crippen LogP contribution < -0.4 is 0 Å². The van der Waals surface area contributed by atoms with E-state index >= 15 is 0 Å². The summed E-state index contributed by atoms with van der Waals surface area (Å²) in [5.41, 5.74) is 2.51. The van der Waals surface area contributed by atoms with E-state index in [0.29, 0.717) is 5.69 Å². The molecule has 0 unspecified atom stereocenters. The van der Waals surface area contributed by atoms with E-state index in [1.165, 1.54) is 6.42 Å². The first-order chi connectivity index (χ1) is 9.74. The van der Waals surface area contributed by atoms with E-state index in [4.69, 9.17) is 0 Å². The van der Waals surface area contributed by atoms with Crippen molar-refractivity contribution in [3.05, 3.63) is 41.7 Å². The maximum absolute atomic E-state index is 12.3.